The summed E-state index contributed by atoms with van der Waals surface area (Å²) in [6.07, 6.45) is 0. The van der Waals surface area contributed by atoms with Gasteiger partial charge in [0.2, 0.25) is 0 Å². The van der Waals surface area contributed by atoms with Gasteiger partial charge in [-0.25, -0.2) is 0 Å². The van der Waals surface area contributed by atoms with Gasteiger partial charge in [0, 0.05) is 5.60 Å². The van der Waals surface area contributed by atoms with Gasteiger partial charge in [-0.3, -0.25) is 0 Å². The highest BCUT2D eigenvalue weighted by molar-refractivity contribution is 6.65. The molecule has 1 aromatic rings. The highest BCUT2D eigenvalue weighted by Gasteiger charge is 2.51. The van der Waals surface area contributed by atoms with Crippen molar-refractivity contribution in [3.63, 3.8) is 0 Å². The zero-order chi connectivity index (χ0) is 16.8. The SMILES string of the molecule is CC(C)(C)OB(N)c1ccc(B2OC(C)(C)C(C)(C)O2)cc1. The molecule has 1 aliphatic rings. The van der Waals surface area contributed by atoms with Gasteiger partial charge >= 0.3 is 14.2 Å². The van der Waals surface area contributed by atoms with Crippen LogP contribution in [0.15, 0.2) is 24.3 Å². The first-order valence-corrected chi connectivity index (χ1v) is 7.80. The maximum absolute atomic E-state index is 6.09. The second-order valence-corrected chi connectivity index (χ2v) is 7.91. The van der Waals surface area contributed by atoms with Gasteiger partial charge in [-0.05, 0) is 59.4 Å². The molecule has 1 heterocycles. The minimum atomic E-state index is -0.438. The first kappa shape index (κ1) is 17.5. The summed E-state index contributed by atoms with van der Waals surface area (Å²) in [7, 11) is -0.786. The van der Waals surface area contributed by atoms with Gasteiger partial charge < -0.3 is 19.6 Å². The van der Waals surface area contributed by atoms with Crippen LogP contribution in [0.25, 0.3) is 0 Å². The predicted molar refractivity (Wildman–Crippen MR) is 92.6 cm³/mol. The number of benzene rings is 1. The molecule has 0 saturated carbocycles. The van der Waals surface area contributed by atoms with Crippen molar-refractivity contribution in [2.45, 2.75) is 65.3 Å². The number of rotatable bonds is 3. The maximum Gasteiger partial charge on any atom is 0.494 e. The van der Waals surface area contributed by atoms with Crippen molar-refractivity contribution in [3.05, 3.63) is 24.3 Å². The summed E-state index contributed by atoms with van der Waals surface area (Å²) in [4.78, 5) is 0. The molecule has 22 heavy (non-hydrogen) atoms. The molecule has 0 bridgehead atoms. The fourth-order valence-electron chi connectivity index (χ4n) is 2.27. The van der Waals surface area contributed by atoms with Crippen LogP contribution in [0, 0.1) is 0 Å². The minimum Gasteiger partial charge on any atom is -0.413 e. The van der Waals surface area contributed by atoms with Crippen LogP contribution in [-0.4, -0.2) is 31.0 Å². The van der Waals surface area contributed by atoms with E-state index in [1.807, 2.05) is 45.0 Å². The smallest absolute Gasteiger partial charge is 0.413 e. The van der Waals surface area contributed by atoms with Gasteiger partial charge in [-0.2, -0.15) is 0 Å². The molecule has 1 fully saturated rings. The Balaban J connectivity index is 2.10. The highest BCUT2D eigenvalue weighted by atomic mass is 16.7. The highest BCUT2D eigenvalue weighted by Crippen LogP contribution is 2.36. The Morgan fingerprint density at radius 1 is 1.00 bits per heavy atom. The maximum atomic E-state index is 6.09. The summed E-state index contributed by atoms with van der Waals surface area (Å²) in [6.45, 7) is 14.2. The van der Waals surface area contributed by atoms with Crippen LogP contribution in [0.1, 0.15) is 48.5 Å². The van der Waals surface area contributed by atoms with Crippen molar-refractivity contribution >= 4 is 25.1 Å². The van der Waals surface area contributed by atoms with E-state index in [1.165, 1.54) is 0 Å². The molecule has 1 aliphatic heterocycles. The van der Waals surface area contributed by atoms with Crippen molar-refractivity contribution < 1.29 is 14.0 Å². The van der Waals surface area contributed by atoms with Crippen LogP contribution in [0.3, 0.4) is 0 Å². The van der Waals surface area contributed by atoms with Gasteiger partial charge in [0.25, 0.3) is 0 Å². The van der Waals surface area contributed by atoms with E-state index in [9.17, 15) is 0 Å². The van der Waals surface area contributed by atoms with Crippen molar-refractivity contribution in [1.29, 1.82) is 0 Å². The zero-order valence-electron chi connectivity index (χ0n) is 14.8. The van der Waals surface area contributed by atoms with E-state index in [4.69, 9.17) is 19.6 Å². The number of nitrogens with two attached hydrogens (primary N) is 1. The molecule has 6 heteroatoms. The van der Waals surface area contributed by atoms with Crippen LogP contribution < -0.4 is 16.6 Å². The Labute approximate surface area is 135 Å². The molecule has 4 nitrogen and oxygen atoms in total. The summed E-state index contributed by atoms with van der Waals surface area (Å²) >= 11 is 0. The van der Waals surface area contributed by atoms with Crippen LogP contribution in [0.5, 0.6) is 0 Å². The lowest BCUT2D eigenvalue weighted by Gasteiger charge is -2.32. The third-order valence-corrected chi connectivity index (χ3v) is 4.27. The molecule has 1 saturated heterocycles. The Hall–Kier alpha value is -0.810. The van der Waals surface area contributed by atoms with Crippen molar-refractivity contribution in [2.24, 2.45) is 5.64 Å². The van der Waals surface area contributed by atoms with Gasteiger partial charge in [0.05, 0.1) is 11.2 Å². The van der Waals surface area contributed by atoms with E-state index in [2.05, 4.69) is 27.7 Å². The second kappa shape index (κ2) is 5.68. The molecule has 2 rings (SSSR count). The molecular weight excluding hydrogens is 276 g/mol. The average Bonchev–Trinajstić information content (AvgIpc) is 2.56. The van der Waals surface area contributed by atoms with Crippen LogP contribution >= 0.6 is 0 Å². The molecule has 0 unspecified atom stereocenters. The third-order valence-electron chi connectivity index (χ3n) is 4.27. The Morgan fingerprint density at radius 2 is 1.45 bits per heavy atom. The molecule has 0 aliphatic carbocycles. The van der Waals surface area contributed by atoms with E-state index in [0.717, 1.165) is 10.9 Å². The lowest BCUT2D eigenvalue weighted by molar-refractivity contribution is 0.00578. The molecular formula is C16H27B2NO3. The van der Waals surface area contributed by atoms with Crippen LogP contribution in [-0.2, 0) is 14.0 Å². The van der Waals surface area contributed by atoms with E-state index in [-0.39, 0.29) is 23.9 Å². The largest absolute Gasteiger partial charge is 0.494 e. The molecule has 0 atom stereocenters. The topological polar surface area (TPSA) is 53.7 Å². The predicted octanol–water partition coefficient (Wildman–Crippen LogP) is 1.45. The minimum absolute atomic E-state index is 0.274. The van der Waals surface area contributed by atoms with Crippen LogP contribution in [0.2, 0.25) is 0 Å². The lowest BCUT2D eigenvalue weighted by atomic mass is 9.71. The zero-order valence-corrected chi connectivity index (χ0v) is 14.8. The number of hydrogen-bond donors (Lipinski definition) is 1. The van der Waals surface area contributed by atoms with Crippen molar-refractivity contribution in [1.82, 2.24) is 0 Å². The van der Waals surface area contributed by atoms with Crippen LogP contribution in [0.4, 0.5) is 0 Å². The second-order valence-electron chi connectivity index (χ2n) is 7.91. The monoisotopic (exact) mass is 303 g/mol. The van der Waals surface area contributed by atoms with Gasteiger partial charge in [-0.15, -0.1) is 0 Å². The van der Waals surface area contributed by atoms with E-state index in [1.54, 1.807) is 0 Å². The Bertz CT molecular complexity index is 507. The molecule has 1 aromatic carbocycles. The molecule has 2 N–H and O–H groups in total. The molecule has 0 spiro atoms. The quantitative estimate of drug-likeness (QED) is 0.859. The van der Waals surface area contributed by atoms with E-state index in [0.29, 0.717) is 0 Å². The summed E-state index contributed by atoms with van der Waals surface area (Å²) < 4.78 is 17.9. The van der Waals surface area contributed by atoms with E-state index >= 15 is 0 Å². The molecule has 0 radical (unpaired) electrons. The summed E-state index contributed by atoms with van der Waals surface area (Å²) in [5.74, 6) is 0. The fourth-order valence-corrected chi connectivity index (χ4v) is 2.27. The standard InChI is InChI=1S/C16H27B2NO3/c1-14(2,3)20-17(19)12-8-10-13(11-9-12)18-21-15(4,5)16(6,7)22-18/h8-11H,19H2,1-7H3. The van der Waals surface area contributed by atoms with Crippen molar-refractivity contribution in [3.8, 4) is 0 Å². The van der Waals surface area contributed by atoms with E-state index < -0.39 is 7.05 Å². The first-order valence-electron chi connectivity index (χ1n) is 7.80. The third kappa shape index (κ3) is 3.74. The van der Waals surface area contributed by atoms with Gasteiger partial charge in [0.1, 0.15) is 0 Å². The Morgan fingerprint density at radius 3 is 1.86 bits per heavy atom. The first-order chi connectivity index (χ1) is 9.91. The Kier molecular flexibility index (Phi) is 4.53. The normalized spacial score (nSPS) is 20.3. The number of hydrogen-bond acceptors (Lipinski definition) is 4. The molecule has 120 valence electrons. The fraction of sp³-hybridized carbons (Fsp3) is 0.625. The lowest BCUT2D eigenvalue weighted by Crippen LogP contribution is -2.48. The molecule has 0 amide bonds. The molecule has 0 aromatic heterocycles. The van der Waals surface area contributed by atoms with Crippen molar-refractivity contribution in [2.75, 3.05) is 0 Å². The summed E-state index contributed by atoms with van der Waals surface area (Å²) in [5.41, 5.74) is 7.08. The van der Waals surface area contributed by atoms with Gasteiger partial charge in [0.15, 0.2) is 0 Å². The average molecular weight is 303 g/mol. The summed E-state index contributed by atoms with van der Waals surface area (Å²) in [6, 6.07) is 7.92. The summed E-state index contributed by atoms with van der Waals surface area (Å²) in [5, 5.41) is 0. The van der Waals surface area contributed by atoms with Gasteiger partial charge in [-0.1, -0.05) is 24.3 Å².